The number of benzene rings is 1. The Morgan fingerprint density at radius 3 is 2.32 bits per heavy atom. The van der Waals surface area contributed by atoms with E-state index in [1.54, 1.807) is 32.9 Å². The second-order valence-corrected chi connectivity index (χ2v) is 8.32. The summed E-state index contributed by atoms with van der Waals surface area (Å²) in [6.45, 7) is 8.98. The summed E-state index contributed by atoms with van der Waals surface area (Å²) in [7, 11) is -3.65. The van der Waals surface area contributed by atoms with Gasteiger partial charge in [0.05, 0.1) is 10.9 Å². The average Bonchev–Trinajstić information content (AvgIpc) is 2.35. The van der Waals surface area contributed by atoms with Gasteiger partial charge >= 0.3 is 0 Å². The lowest BCUT2D eigenvalue weighted by Gasteiger charge is -2.21. The third-order valence-corrected chi connectivity index (χ3v) is 4.63. The Kier molecular flexibility index (Phi) is 5.72. The number of nitrogens with one attached hydrogen (secondary N) is 2. The lowest BCUT2D eigenvalue weighted by molar-refractivity contribution is -0.118. The maximum Gasteiger partial charge on any atom is 0.241 e. The van der Waals surface area contributed by atoms with Gasteiger partial charge in [0.25, 0.3) is 0 Å². The molecule has 1 aromatic carbocycles. The van der Waals surface area contributed by atoms with E-state index in [1.807, 2.05) is 13.8 Å². The van der Waals surface area contributed by atoms with Crippen LogP contribution in [0.3, 0.4) is 0 Å². The molecular weight excluding hydrogens is 302 g/mol. The van der Waals surface area contributed by atoms with Gasteiger partial charge in [-0.15, -0.1) is 0 Å². The summed E-state index contributed by atoms with van der Waals surface area (Å²) in [6, 6.07) is 5.45. The molecular formula is C15H25N3O3S. The van der Waals surface area contributed by atoms with Gasteiger partial charge in [-0.05, 0) is 44.9 Å². The van der Waals surface area contributed by atoms with Crippen molar-refractivity contribution < 1.29 is 13.2 Å². The lowest BCUT2D eigenvalue weighted by Crippen LogP contribution is -2.40. The molecule has 0 fully saturated rings. The molecule has 22 heavy (non-hydrogen) atoms. The number of nitrogens with two attached hydrogens (primary N) is 1. The minimum absolute atomic E-state index is 0.00512. The molecule has 7 heteroatoms. The van der Waals surface area contributed by atoms with Crippen LogP contribution in [0.4, 0.5) is 5.69 Å². The van der Waals surface area contributed by atoms with Gasteiger partial charge in [-0.25, -0.2) is 13.1 Å². The second kappa shape index (κ2) is 6.76. The summed E-state index contributed by atoms with van der Waals surface area (Å²) < 4.78 is 27.1. The first-order valence-electron chi connectivity index (χ1n) is 7.13. The van der Waals surface area contributed by atoms with Crippen molar-refractivity contribution in [1.82, 2.24) is 4.72 Å². The minimum Gasteiger partial charge on any atom is -0.325 e. The van der Waals surface area contributed by atoms with Gasteiger partial charge in [0.1, 0.15) is 0 Å². The van der Waals surface area contributed by atoms with Crippen LogP contribution >= 0.6 is 0 Å². The third-order valence-electron chi connectivity index (χ3n) is 2.87. The normalized spacial score (nSPS) is 14.0. The molecule has 0 saturated carbocycles. The van der Waals surface area contributed by atoms with E-state index in [2.05, 4.69) is 10.0 Å². The molecule has 4 N–H and O–H groups in total. The molecule has 1 rings (SSSR count). The average molecular weight is 327 g/mol. The number of hydrogen-bond acceptors (Lipinski definition) is 4. The van der Waals surface area contributed by atoms with Crippen LogP contribution in [0.1, 0.15) is 34.6 Å². The zero-order valence-corrected chi connectivity index (χ0v) is 14.5. The quantitative estimate of drug-likeness (QED) is 0.766. The second-order valence-electron chi connectivity index (χ2n) is 6.64. The van der Waals surface area contributed by atoms with Gasteiger partial charge in [0.2, 0.25) is 15.9 Å². The Morgan fingerprint density at radius 2 is 1.82 bits per heavy atom. The number of hydrogen-bond donors (Lipinski definition) is 3. The molecule has 1 aromatic rings. The molecule has 0 aliphatic carbocycles. The summed E-state index contributed by atoms with van der Waals surface area (Å²) in [6.07, 6.45) is 0. The third kappa shape index (κ3) is 5.40. The van der Waals surface area contributed by atoms with E-state index < -0.39 is 21.6 Å². The van der Waals surface area contributed by atoms with E-state index in [1.165, 1.54) is 12.1 Å². The molecule has 1 atom stereocenters. The first kappa shape index (κ1) is 18.6. The fraction of sp³-hybridized carbons (Fsp3) is 0.533. The predicted octanol–water partition coefficient (Wildman–Crippen LogP) is 1.69. The van der Waals surface area contributed by atoms with E-state index >= 15 is 0 Å². The van der Waals surface area contributed by atoms with Crippen LogP contribution in [-0.4, -0.2) is 25.9 Å². The van der Waals surface area contributed by atoms with Crippen molar-refractivity contribution in [2.75, 3.05) is 5.32 Å². The maximum absolute atomic E-state index is 12.3. The van der Waals surface area contributed by atoms with Crippen molar-refractivity contribution in [3.63, 3.8) is 0 Å². The highest BCUT2D eigenvalue weighted by atomic mass is 32.2. The molecule has 0 radical (unpaired) electrons. The van der Waals surface area contributed by atoms with Crippen molar-refractivity contribution in [2.24, 2.45) is 11.7 Å². The molecule has 1 amide bonds. The standard InChI is InChI=1S/C15H25N3O3S/c1-10(2)13(16)14(19)17-11-7-6-8-12(9-11)22(20,21)18-15(3,4)5/h6-10,13,18H,16H2,1-5H3,(H,17,19)/t13-/m0/s1. The van der Waals surface area contributed by atoms with Gasteiger partial charge in [-0.1, -0.05) is 19.9 Å². The Labute approximate surface area is 132 Å². The fourth-order valence-corrected chi connectivity index (χ4v) is 3.20. The van der Waals surface area contributed by atoms with E-state index in [9.17, 15) is 13.2 Å². The Morgan fingerprint density at radius 1 is 1.23 bits per heavy atom. The van der Waals surface area contributed by atoms with Gasteiger partial charge in [0, 0.05) is 11.2 Å². The van der Waals surface area contributed by atoms with Crippen LogP contribution in [0.2, 0.25) is 0 Å². The van der Waals surface area contributed by atoms with E-state index in [-0.39, 0.29) is 16.7 Å². The van der Waals surface area contributed by atoms with E-state index in [0.29, 0.717) is 5.69 Å². The first-order chi connectivity index (χ1) is 9.92. The summed E-state index contributed by atoms with van der Waals surface area (Å²) >= 11 is 0. The van der Waals surface area contributed by atoms with Crippen molar-refractivity contribution in [3.8, 4) is 0 Å². The highest BCUT2D eigenvalue weighted by molar-refractivity contribution is 7.89. The van der Waals surface area contributed by atoms with Crippen LogP contribution in [-0.2, 0) is 14.8 Å². The highest BCUT2D eigenvalue weighted by Gasteiger charge is 2.23. The van der Waals surface area contributed by atoms with Gasteiger partial charge in [-0.3, -0.25) is 4.79 Å². The molecule has 0 unspecified atom stereocenters. The number of rotatable bonds is 5. The summed E-state index contributed by atoms with van der Waals surface area (Å²) in [5.74, 6) is -0.345. The van der Waals surface area contributed by atoms with E-state index in [4.69, 9.17) is 5.73 Å². The summed E-state index contributed by atoms with van der Waals surface area (Å²) in [4.78, 5) is 12.0. The zero-order chi connectivity index (χ0) is 17.1. The maximum atomic E-state index is 12.3. The molecule has 124 valence electrons. The Bertz CT molecular complexity index is 634. The van der Waals surface area contributed by atoms with Crippen LogP contribution in [0.5, 0.6) is 0 Å². The number of anilines is 1. The van der Waals surface area contributed by atoms with Crippen molar-refractivity contribution in [2.45, 2.75) is 51.1 Å². The predicted molar refractivity (Wildman–Crippen MR) is 88.0 cm³/mol. The molecule has 0 aliphatic heterocycles. The fourth-order valence-electron chi connectivity index (χ4n) is 1.73. The molecule has 0 bridgehead atoms. The van der Waals surface area contributed by atoms with Gasteiger partial charge in [-0.2, -0.15) is 0 Å². The van der Waals surface area contributed by atoms with Gasteiger partial charge < -0.3 is 11.1 Å². The van der Waals surface area contributed by atoms with Crippen molar-refractivity contribution in [1.29, 1.82) is 0 Å². The number of carbonyl (C=O) groups excluding carboxylic acids is 1. The molecule has 0 aliphatic rings. The zero-order valence-electron chi connectivity index (χ0n) is 13.7. The van der Waals surface area contributed by atoms with Crippen LogP contribution in [0.15, 0.2) is 29.2 Å². The number of sulfonamides is 1. The molecule has 0 heterocycles. The van der Waals surface area contributed by atoms with Crippen LogP contribution in [0.25, 0.3) is 0 Å². The molecule has 6 nitrogen and oxygen atoms in total. The molecule has 0 spiro atoms. The number of amides is 1. The first-order valence-corrected chi connectivity index (χ1v) is 8.61. The summed E-state index contributed by atoms with van der Waals surface area (Å²) in [5, 5.41) is 2.64. The minimum atomic E-state index is -3.65. The molecule has 0 saturated heterocycles. The van der Waals surface area contributed by atoms with Gasteiger partial charge in [0.15, 0.2) is 0 Å². The lowest BCUT2D eigenvalue weighted by atomic mass is 10.1. The SMILES string of the molecule is CC(C)[C@H](N)C(=O)Nc1cccc(S(=O)(=O)NC(C)(C)C)c1. The Hall–Kier alpha value is -1.44. The largest absolute Gasteiger partial charge is 0.325 e. The van der Waals surface area contributed by atoms with E-state index in [0.717, 1.165) is 0 Å². The molecule has 0 aromatic heterocycles. The van der Waals surface area contributed by atoms with Crippen LogP contribution < -0.4 is 15.8 Å². The highest BCUT2D eigenvalue weighted by Crippen LogP contribution is 2.18. The van der Waals surface area contributed by atoms with Crippen molar-refractivity contribution in [3.05, 3.63) is 24.3 Å². The smallest absolute Gasteiger partial charge is 0.241 e. The monoisotopic (exact) mass is 327 g/mol. The Balaban J connectivity index is 2.98. The van der Waals surface area contributed by atoms with Crippen LogP contribution in [0, 0.1) is 5.92 Å². The van der Waals surface area contributed by atoms with Crippen molar-refractivity contribution >= 4 is 21.6 Å². The topological polar surface area (TPSA) is 101 Å². The number of carbonyl (C=O) groups is 1. The summed E-state index contributed by atoms with van der Waals surface area (Å²) in [5.41, 5.74) is 5.59.